The van der Waals surface area contributed by atoms with Crippen LogP contribution in [-0.2, 0) is 0 Å². The molecule has 1 N–H and O–H groups in total. The number of hydrogen-bond acceptors (Lipinski definition) is 1. The Kier molecular flexibility index (Phi) is 6.61. The third-order valence-corrected chi connectivity index (χ3v) is 7.41. The standard InChI is InChI=1S/C25H38O/c1-17(16-26)7-5-8-18(2)22-13-11-20(4)23-14-12-21-10-6-9-19(3)24(15-21)25(22)23/h7,10,18,22,24-26H,3,5-6,8-9,11-16H2,1-2,4H3/b17-7+/t18-,22-,24+,25-/m0/s1. The summed E-state index contributed by atoms with van der Waals surface area (Å²) in [6.45, 7) is 11.7. The lowest BCUT2D eigenvalue weighted by Gasteiger charge is -2.42. The smallest absolute Gasteiger partial charge is 0.0639 e. The second-order valence-corrected chi connectivity index (χ2v) is 9.17. The summed E-state index contributed by atoms with van der Waals surface area (Å²) in [4.78, 5) is 0. The van der Waals surface area contributed by atoms with E-state index >= 15 is 0 Å². The summed E-state index contributed by atoms with van der Waals surface area (Å²) in [6, 6.07) is 0. The van der Waals surface area contributed by atoms with E-state index in [-0.39, 0.29) is 6.61 Å². The van der Waals surface area contributed by atoms with Crippen LogP contribution in [0.25, 0.3) is 0 Å². The van der Waals surface area contributed by atoms with Gasteiger partial charge in [-0.1, -0.05) is 53.5 Å². The molecule has 144 valence electrons. The zero-order valence-corrected chi connectivity index (χ0v) is 17.2. The van der Waals surface area contributed by atoms with Gasteiger partial charge in [0.1, 0.15) is 0 Å². The monoisotopic (exact) mass is 354 g/mol. The van der Waals surface area contributed by atoms with Crippen LogP contribution < -0.4 is 0 Å². The highest BCUT2D eigenvalue weighted by molar-refractivity contribution is 5.30. The minimum atomic E-state index is 0.198. The Morgan fingerprint density at radius 1 is 1.31 bits per heavy atom. The third-order valence-electron chi connectivity index (χ3n) is 7.41. The molecule has 1 heteroatoms. The lowest BCUT2D eigenvalue weighted by atomic mass is 9.62. The van der Waals surface area contributed by atoms with Crippen molar-refractivity contribution in [2.75, 3.05) is 6.61 Å². The fourth-order valence-corrected chi connectivity index (χ4v) is 5.73. The van der Waals surface area contributed by atoms with Gasteiger partial charge in [0.05, 0.1) is 6.61 Å². The van der Waals surface area contributed by atoms with Gasteiger partial charge in [-0.3, -0.25) is 0 Å². The fraction of sp³-hybridized carbons (Fsp3) is 0.680. The number of fused-ring (bicyclic) bond motifs is 4. The molecule has 0 amide bonds. The van der Waals surface area contributed by atoms with E-state index in [0.717, 1.165) is 29.7 Å². The summed E-state index contributed by atoms with van der Waals surface area (Å²) in [6.07, 6.45) is 16.0. The molecule has 0 aromatic carbocycles. The minimum absolute atomic E-state index is 0.198. The average Bonchev–Trinajstić information content (AvgIpc) is 2.93. The van der Waals surface area contributed by atoms with Crippen LogP contribution in [0.15, 0.2) is 46.6 Å². The highest BCUT2D eigenvalue weighted by atomic mass is 16.3. The molecule has 3 rings (SSSR count). The highest BCUT2D eigenvalue weighted by Gasteiger charge is 2.41. The number of rotatable bonds is 5. The Balaban J connectivity index is 1.83. The second kappa shape index (κ2) is 8.74. The van der Waals surface area contributed by atoms with Gasteiger partial charge in [0.25, 0.3) is 0 Å². The normalized spacial score (nSPS) is 31.1. The van der Waals surface area contributed by atoms with Crippen molar-refractivity contribution < 1.29 is 5.11 Å². The van der Waals surface area contributed by atoms with Crippen LogP contribution in [0.1, 0.15) is 78.6 Å². The zero-order valence-electron chi connectivity index (χ0n) is 17.2. The molecule has 1 fully saturated rings. The Bertz CT molecular complexity index is 618. The summed E-state index contributed by atoms with van der Waals surface area (Å²) in [7, 11) is 0. The van der Waals surface area contributed by atoms with Gasteiger partial charge in [-0.25, -0.2) is 0 Å². The van der Waals surface area contributed by atoms with Gasteiger partial charge >= 0.3 is 0 Å². The maximum absolute atomic E-state index is 9.23. The molecule has 0 heterocycles. The first-order valence-corrected chi connectivity index (χ1v) is 10.8. The molecule has 3 aliphatic rings. The summed E-state index contributed by atoms with van der Waals surface area (Å²) in [5.41, 5.74) is 7.82. The molecular formula is C25H38O. The van der Waals surface area contributed by atoms with E-state index in [1.807, 2.05) is 6.92 Å². The van der Waals surface area contributed by atoms with Crippen molar-refractivity contribution in [1.29, 1.82) is 0 Å². The lowest BCUT2D eigenvalue weighted by Crippen LogP contribution is -2.33. The van der Waals surface area contributed by atoms with Crippen LogP contribution >= 0.6 is 0 Å². The van der Waals surface area contributed by atoms with Crippen LogP contribution in [0.3, 0.4) is 0 Å². The van der Waals surface area contributed by atoms with Crippen LogP contribution in [0.5, 0.6) is 0 Å². The highest BCUT2D eigenvalue weighted by Crippen LogP contribution is 2.52. The summed E-state index contributed by atoms with van der Waals surface area (Å²) in [5, 5.41) is 9.23. The van der Waals surface area contributed by atoms with Gasteiger partial charge in [-0.05, 0) is 95.3 Å². The predicted octanol–water partition coefficient (Wildman–Crippen LogP) is 6.76. The maximum Gasteiger partial charge on any atom is 0.0639 e. The molecule has 0 radical (unpaired) electrons. The SMILES string of the molecule is C=C1CCC=C2CCC3=C(C)CC[C@@H]([C@@H](C)CC/C=C(\C)CO)[C@@H]3[C@@H]1C2. The quantitative estimate of drug-likeness (QED) is 0.541. The molecule has 0 aromatic heterocycles. The minimum Gasteiger partial charge on any atom is -0.392 e. The van der Waals surface area contributed by atoms with Gasteiger partial charge < -0.3 is 5.11 Å². The van der Waals surface area contributed by atoms with E-state index < -0.39 is 0 Å². The molecule has 0 saturated heterocycles. The van der Waals surface area contributed by atoms with Crippen LogP contribution in [-0.4, -0.2) is 11.7 Å². The fourth-order valence-electron chi connectivity index (χ4n) is 5.73. The average molecular weight is 355 g/mol. The van der Waals surface area contributed by atoms with E-state index in [1.54, 1.807) is 16.7 Å². The van der Waals surface area contributed by atoms with Gasteiger partial charge in [0, 0.05) is 0 Å². The number of aliphatic hydroxyl groups is 1. The van der Waals surface area contributed by atoms with Crippen molar-refractivity contribution in [2.45, 2.75) is 78.6 Å². The number of hydrogen-bond donors (Lipinski definition) is 1. The van der Waals surface area contributed by atoms with E-state index in [1.165, 1.54) is 56.9 Å². The van der Waals surface area contributed by atoms with Crippen molar-refractivity contribution in [3.63, 3.8) is 0 Å². The maximum atomic E-state index is 9.23. The van der Waals surface area contributed by atoms with E-state index in [4.69, 9.17) is 0 Å². The second-order valence-electron chi connectivity index (χ2n) is 9.17. The van der Waals surface area contributed by atoms with Crippen molar-refractivity contribution in [1.82, 2.24) is 0 Å². The van der Waals surface area contributed by atoms with Gasteiger partial charge in [0.2, 0.25) is 0 Å². The molecule has 2 bridgehead atoms. The zero-order chi connectivity index (χ0) is 18.7. The van der Waals surface area contributed by atoms with Gasteiger partial charge in [-0.15, -0.1) is 0 Å². The summed E-state index contributed by atoms with van der Waals surface area (Å²) >= 11 is 0. The Labute approximate surface area is 161 Å². The van der Waals surface area contributed by atoms with E-state index in [0.29, 0.717) is 5.92 Å². The lowest BCUT2D eigenvalue weighted by molar-refractivity contribution is 0.183. The summed E-state index contributed by atoms with van der Waals surface area (Å²) in [5.74, 6) is 2.96. The van der Waals surface area contributed by atoms with Crippen LogP contribution in [0.2, 0.25) is 0 Å². The largest absolute Gasteiger partial charge is 0.392 e. The molecule has 26 heavy (non-hydrogen) atoms. The molecule has 0 unspecified atom stereocenters. The first kappa shape index (κ1) is 19.7. The first-order chi connectivity index (χ1) is 12.5. The van der Waals surface area contributed by atoms with E-state index in [2.05, 4.69) is 32.6 Å². The molecule has 0 aromatic rings. The molecule has 0 aliphatic heterocycles. The van der Waals surface area contributed by atoms with Crippen molar-refractivity contribution >= 4 is 0 Å². The molecular weight excluding hydrogens is 316 g/mol. The van der Waals surface area contributed by atoms with E-state index in [9.17, 15) is 5.11 Å². The predicted molar refractivity (Wildman–Crippen MR) is 112 cm³/mol. The number of aliphatic hydroxyl groups excluding tert-OH is 1. The molecule has 0 spiro atoms. The van der Waals surface area contributed by atoms with Crippen molar-refractivity contribution in [3.8, 4) is 0 Å². The first-order valence-electron chi connectivity index (χ1n) is 10.8. The Hall–Kier alpha value is -1.08. The van der Waals surface area contributed by atoms with Gasteiger partial charge in [-0.2, -0.15) is 0 Å². The molecule has 3 aliphatic carbocycles. The number of allylic oxidation sites excluding steroid dienone is 6. The van der Waals surface area contributed by atoms with Crippen LogP contribution in [0.4, 0.5) is 0 Å². The molecule has 4 atom stereocenters. The summed E-state index contributed by atoms with van der Waals surface area (Å²) < 4.78 is 0. The Morgan fingerprint density at radius 3 is 2.88 bits per heavy atom. The third kappa shape index (κ3) is 4.25. The van der Waals surface area contributed by atoms with Crippen molar-refractivity contribution in [3.05, 3.63) is 46.6 Å². The molecule has 1 saturated carbocycles. The topological polar surface area (TPSA) is 20.2 Å². The van der Waals surface area contributed by atoms with Gasteiger partial charge in [0.15, 0.2) is 0 Å². The van der Waals surface area contributed by atoms with Crippen LogP contribution in [0, 0.1) is 23.7 Å². The Morgan fingerprint density at radius 2 is 2.12 bits per heavy atom. The van der Waals surface area contributed by atoms with Crippen molar-refractivity contribution in [2.24, 2.45) is 23.7 Å². The molecule has 1 nitrogen and oxygen atoms in total.